The van der Waals surface area contributed by atoms with Crippen molar-refractivity contribution in [3.8, 4) is 0 Å². The molecule has 0 aromatic heterocycles. The molecule has 2 rings (SSSR count). The molecule has 0 amide bonds. The molecule has 0 spiro atoms. The summed E-state index contributed by atoms with van der Waals surface area (Å²) < 4.78 is 10.3. The van der Waals surface area contributed by atoms with Crippen LogP contribution in [0.2, 0.25) is 0 Å². The lowest BCUT2D eigenvalue weighted by Gasteiger charge is -2.21. The first-order chi connectivity index (χ1) is 9.83. The first kappa shape index (κ1) is 15.8. The summed E-state index contributed by atoms with van der Waals surface area (Å²) in [6.45, 7) is 7.06. The van der Waals surface area contributed by atoms with Crippen molar-refractivity contribution < 1.29 is 19.4 Å². The SMILES string of the molecule is CC(C)(C)OC(=O)O[C@@H]1CN(Cc2ccccc2)C[C@H]1O. The summed E-state index contributed by atoms with van der Waals surface area (Å²) in [6.07, 6.45) is -1.95. The van der Waals surface area contributed by atoms with Gasteiger partial charge in [0.05, 0.1) is 0 Å². The molecule has 1 heterocycles. The van der Waals surface area contributed by atoms with E-state index in [2.05, 4.69) is 4.90 Å². The smallest absolute Gasteiger partial charge is 0.429 e. The van der Waals surface area contributed by atoms with Crippen LogP contribution in [0, 0.1) is 0 Å². The van der Waals surface area contributed by atoms with E-state index in [0.717, 1.165) is 6.54 Å². The van der Waals surface area contributed by atoms with Crippen LogP contribution in [0.1, 0.15) is 26.3 Å². The Hall–Kier alpha value is -1.59. The fourth-order valence-corrected chi connectivity index (χ4v) is 2.32. The molecule has 0 bridgehead atoms. The zero-order valence-corrected chi connectivity index (χ0v) is 12.8. The van der Waals surface area contributed by atoms with Gasteiger partial charge in [-0.15, -0.1) is 0 Å². The number of benzene rings is 1. The summed E-state index contributed by atoms with van der Waals surface area (Å²) in [5, 5.41) is 10.0. The molecule has 116 valence electrons. The highest BCUT2D eigenvalue weighted by molar-refractivity contribution is 5.60. The minimum absolute atomic E-state index is 0.488. The molecule has 21 heavy (non-hydrogen) atoms. The molecule has 0 radical (unpaired) electrons. The number of aliphatic hydroxyl groups excluding tert-OH is 1. The molecule has 2 atom stereocenters. The highest BCUT2D eigenvalue weighted by Gasteiger charge is 2.35. The van der Waals surface area contributed by atoms with E-state index in [1.807, 2.05) is 30.3 Å². The van der Waals surface area contributed by atoms with Crippen LogP contribution in [0.25, 0.3) is 0 Å². The van der Waals surface area contributed by atoms with E-state index in [1.165, 1.54) is 5.56 Å². The third kappa shape index (κ3) is 5.02. The second-order valence-corrected chi connectivity index (χ2v) is 6.37. The lowest BCUT2D eigenvalue weighted by Crippen LogP contribution is -2.33. The van der Waals surface area contributed by atoms with E-state index < -0.39 is 24.0 Å². The van der Waals surface area contributed by atoms with Crippen LogP contribution in [0.15, 0.2) is 30.3 Å². The summed E-state index contributed by atoms with van der Waals surface area (Å²) in [7, 11) is 0. The number of ether oxygens (including phenoxy) is 2. The quantitative estimate of drug-likeness (QED) is 0.866. The monoisotopic (exact) mass is 293 g/mol. The molecule has 1 aromatic carbocycles. The van der Waals surface area contributed by atoms with Gasteiger partial charge >= 0.3 is 6.16 Å². The minimum Gasteiger partial charge on any atom is -0.429 e. The van der Waals surface area contributed by atoms with Crippen molar-refractivity contribution in [1.82, 2.24) is 4.90 Å². The van der Waals surface area contributed by atoms with Crippen molar-refractivity contribution in [3.05, 3.63) is 35.9 Å². The first-order valence-electron chi connectivity index (χ1n) is 7.17. The van der Waals surface area contributed by atoms with Gasteiger partial charge < -0.3 is 14.6 Å². The number of aliphatic hydroxyl groups is 1. The Balaban J connectivity index is 1.85. The number of likely N-dealkylation sites (tertiary alicyclic amines) is 1. The highest BCUT2D eigenvalue weighted by atomic mass is 16.7. The number of β-amino-alcohol motifs (C(OH)–C–C–N with tert-alkyl or cyclic N) is 1. The van der Waals surface area contributed by atoms with Gasteiger partial charge in [-0.2, -0.15) is 0 Å². The number of hydrogen-bond acceptors (Lipinski definition) is 5. The van der Waals surface area contributed by atoms with E-state index in [4.69, 9.17) is 9.47 Å². The van der Waals surface area contributed by atoms with E-state index in [0.29, 0.717) is 13.1 Å². The molecule has 5 heteroatoms. The van der Waals surface area contributed by atoms with Crippen LogP contribution >= 0.6 is 0 Å². The second kappa shape index (κ2) is 6.45. The molecular formula is C16H23NO4. The van der Waals surface area contributed by atoms with Gasteiger partial charge in [-0.05, 0) is 26.3 Å². The van der Waals surface area contributed by atoms with Crippen LogP contribution < -0.4 is 0 Å². The fourth-order valence-electron chi connectivity index (χ4n) is 2.32. The zero-order chi connectivity index (χ0) is 15.5. The predicted octanol–water partition coefficient (Wildman–Crippen LogP) is 2.18. The van der Waals surface area contributed by atoms with Gasteiger partial charge in [-0.25, -0.2) is 4.79 Å². The van der Waals surface area contributed by atoms with Gasteiger partial charge in [-0.1, -0.05) is 30.3 Å². The van der Waals surface area contributed by atoms with Crippen molar-refractivity contribution in [2.45, 2.75) is 45.1 Å². The Morgan fingerprint density at radius 2 is 1.95 bits per heavy atom. The van der Waals surface area contributed by atoms with Gasteiger partial charge in [0.25, 0.3) is 0 Å². The lowest BCUT2D eigenvalue weighted by atomic mass is 10.2. The summed E-state index contributed by atoms with van der Waals surface area (Å²) in [5.41, 5.74) is 0.576. The first-order valence-corrected chi connectivity index (χ1v) is 7.17. The van der Waals surface area contributed by atoms with Crippen LogP contribution in [-0.4, -0.2) is 47.1 Å². The van der Waals surface area contributed by atoms with Crippen molar-refractivity contribution >= 4 is 6.16 Å². The predicted molar refractivity (Wildman–Crippen MR) is 78.8 cm³/mol. The van der Waals surface area contributed by atoms with Crippen LogP contribution in [0.4, 0.5) is 4.79 Å². The van der Waals surface area contributed by atoms with Crippen LogP contribution in [0.5, 0.6) is 0 Å². The average Bonchev–Trinajstić information content (AvgIpc) is 2.68. The van der Waals surface area contributed by atoms with Crippen molar-refractivity contribution in [1.29, 1.82) is 0 Å². The van der Waals surface area contributed by atoms with E-state index in [9.17, 15) is 9.90 Å². The second-order valence-electron chi connectivity index (χ2n) is 6.37. The van der Waals surface area contributed by atoms with E-state index >= 15 is 0 Å². The maximum atomic E-state index is 11.7. The van der Waals surface area contributed by atoms with Crippen LogP contribution in [-0.2, 0) is 16.0 Å². The molecule has 1 fully saturated rings. The molecular weight excluding hydrogens is 270 g/mol. The maximum absolute atomic E-state index is 11.7. The number of carbonyl (C=O) groups excluding carboxylic acids is 1. The lowest BCUT2D eigenvalue weighted by molar-refractivity contribution is -0.0454. The molecule has 1 aliphatic rings. The maximum Gasteiger partial charge on any atom is 0.509 e. The molecule has 1 N–H and O–H groups in total. The summed E-state index contributed by atoms with van der Waals surface area (Å²) in [5.74, 6) is 0. The van der Waals surface area contributed by atoms with E-state index in [1.54, 1.807) is 20.8 Å². The van der Waals surface area contributed by atoms with Crippen molar-refractivity contribution in [3.63, 3.8) is 0 Å². The third-order valence-electron chi connectivity index (χ3n) is 3.20. The van der Waals surface area contributed by atoms with Gasteiger partial charge in [0.1, 0.15) is 17.8 Å². The largest absolute Gasteiger partial charge is 0.509 e. The molecule has 0 unspecified atom stereocenters. The highest BCUT2D eigenvalue weighted by Crippen LogP contribution is 2.18. The topological polar surface area (TPSA) is 59.0 Å². The average molecular weight is 293 g/mol. The zero-order valence-electron chi connectivity index (χ0n) is 12.8. The normalized spacial score (nSPS) is 23.0. The standard InChI is InChI=1S/C16H23NO4/c1-16(2,3)21-15(19)20-14-11-17(10-13(14)18)9-12-7-5-4-6-8-12/h4-8,13-14,18H,9-11H2,1-3H3/t13-,14-/m1/s1. The third-order valence-corrected chi connectivity index (χ3v) is 3.20. The van der Waals surface area contributed by atoms with Gasteiger partial charge in [-0.3, -0.25) is 4.90 Å². The Morgan fingerprint density at radius 3 is 2.57 bits per heavy atom. The Labute approximate surface area is 125 Å². The molecule has 0 saturated carbocycles. The van der Waals surface area contributed by atoms with Crippen LogP contribution in [0.3, 0.4) is 0 Å². The number of carbonyl (C=O) groups is 1. The Bertz CT molecular complexity index is 469. The summed E-state index contributed by atoms with van der Waals surface area (Å²) in [6, 6.07) is 10.0. The fraction of sp³-hybridized carbons (Fsp3) is 0.562. The summed E-state index contributed by atoms with van der Waals surface area (Å²) in [4.78, 5) is 13.7. The molecule has 1 aromatic rings. The van der Waals surface area contributed by atoms with Crippen molar-refractivity contribution in [2.75, 3.05) is 13.1 Å². The van der Waals surface area contributed by atoms with Gasteiger partial charge in [0.2, 0.25) is 0 Å². The van der Waals surface area contributed by atoms with Gasteiger partial charge in [0.15, 0.2) is 0 Å². The summed E-state index contributed by atoms with van der Waals surface area (Å²) >= 11 is 0. The van der Waals surface area contributed by atoms with E-state index in [-0.39, 0.29) is 0 Å². The van der Waals surface area contributed by atoms with Gasteiger partial charge in [0, 0.05) is 19.6 Å². The Morgan fingerprint density at radius 1 is 1.29 bits per heavy atom. The number of rotatable bonds is 3. The molecule has 1 aliphatic heterocycles. The molecule has 5 nitrogen and oxygen atoms in total. The number of hydrogen-bond donors (Lipinski definition) is 1. The molecule has 0 aliphatic carbocycles. The number of nitrogens with zero attached hydrogens (tertiary/aromatic N) is 1. The van der Waals surface area contributed by atoms with Crippen molar-refractivity contribution in [2.24, 2.45) is 0 Å². The Kier molecular flexibility index (Phi) is 4.85. The minimum atomic E-state index is -0.729. The molecule has 1 saturated heterocycles.